The number of esters is 1. The van der Waals surface area contributed by atoms with Crippen LogP contribution in [0.25, 0.3) is 0 Å². The maximum Gasteiger partial charge on any atom is 0.309 e. The van der Waals surface area contributed by atoms with Gasteiger partial charge >= 0.3 is 5.97 Å². The number of allylic oxidation sites excluding steroid dienone is 2. The SMILES string of the molecule is CCCC=CCCCC(CCC)C(=O)OC1CC2CC1C1CCCC21. The first-order chi connectivity index (χ1) is 12.2. The van der Waals surface area contributed by atoms with Crippen LogP contribution >= 0.6 is 0 Å². The summed E-state index contributed by atoms with van der Waals surface area (Å²) in [5.74, 6) is 3.66. The Morgan fingerprint density at radius 3 is 2.60 bits per heavy atom. The Balaban J connectivity index is 1.45. The van der Waals surface area contributed by atoms with Gasteiger partial charge in [0.05, 0.1) is 5.92 Å². The van der Waals surface area contributed by atoms with Crippen molar-refractivity contribution in [3.05, 3.63) is 12.2 Å². The van der Waals surface area contributed by atoms with Crippen molar-refractivity contribution in [3.8, 4) is 0 Å². The van der Waals surface area contributed by atoms with E-state index in [4.69, 9.17) is 4.74 Å². The van der Waals surface area contributed by atoms with E-state index in [9.17, 15) is 4.79 Å². The van der Waals surface area contributed by atoms with E-state index in [1.54, 1.807) is 0 Å². The van der Waals surface area contributed by atoms with E-state index in [1.807, 2.05) is 0 Å². The van der Waals surface area contributed by atoms with Gasteiger partial charge < -0.3 is 4.74 Å². The number of unbranched alkanes of at least 4 members (excludes halogenated alkanes) is 2. The van der Waals surface area contributed by atoms with Crippen LogP contribution < -0.4 is 0 Å². The van der Waals surface area contributed by atoms with E-state index in [0.29, 0.717) is 5.92 Å². The quantitative estimate of drug-likeness (QED) is 0.264. The summed E-state index contributed by atoms with van der Waals surface area (Å²) in [6, 6.07) is 0. The van der Waals surface area contributed by atoms with E-state index in [0.717, 1.165) is 56.3 Å². The number of carbonyl (C=O) groups is 1. The van der Waals surface area contributed by atoms with Gasteiger partial charge in [-0.05, 0) is 81.5 Å². The fourth-order valence-electron chi connectivity index (χ4n) is 6.00. The fourth-order valence-corrected chi connectivity index (χ4v) is 6.00. The maximum absolute atomic E-state index is 12.8. The lowest BCUT2D eigenvalue weighted by molar-refractivity contribution is -0.158. The van der Waals surface area contributed by atoms with Crippen LogP contribution in [-0.2, 0) is 9.53 Å². The zero-order chi connectivity index (χ0) is 17.6. The summed E-state index contributed by atoms with van der Waals surface area (Å²) in [6.45, 7) is 4.39. The molecule has 142 valence electrons. The molecule has 0 amide bonds. The summed E-state index contributed by atoms with van der Waals surface area (Å²) in [7, 11) is 0. The number of rotatable bonds is 10. The van der Waals surface area contributed by atoms with Crippen LogP contribution in [0.4, 0.5) is 0 Å². The first-order valence-electron chi connectivity index (χ1n) is 11.1. The van der Waals surface area contributed by atoms with Gasteiger partial charge in [0.2, 0.25) is 0 Å². The third-order valence-corrected chi connectivity index (χ3v) is 7.15. The number of hydrogen-bond donors (Lipinski definition) is 0. The summed E-state index contributed by atoms with van der Waals surface area (Å²) in [5.41, 5.74) is 0. The van der Waals surface area contributed by atoms with Gasteiger partial charge in [0.15, 0.2) is 0 Å². The summed E-state index contributed by atoms with van der Waals surface area (Å²) >= 11 is 0. The first kappa shape index (κ1) is 19.0. The van der Waals surface area contributed by atoms with Gasteiger partial charge in [-0.15, -0.1) is 0 Å². The third kappa shape index (κ3) is 4.49. The average Bonchev–Trinajstić information content (AvgIpc) is 3.29. The molecule has 0 aliphatic heterocycles. The van der Waals surface area contributed by atoms with E-state index >= 15 is 0 Å². The number of hydrogen-bond acceptors (Lipinski definition) is 2. The highest BCUT2D eigenvalue weighted by atomic mass is 16.5. The zero-order valence-corrected chi connectivity index (χ0v) is 16.4. The van der Waals surface area contributed by atoms with Crippen LogP contribution in [0, 0.1) is 29.6 Å². The Morgan fingerprint density at radius 2 is 1.80 bits per heavy atom. The highest BCUT2D eigenvalue weighted by molar-refractivity contribution is 5.72. The van der Waals surface area contributed by atoms with Crippen molar-refractivity contribution in [1.29, 1.82) is 0 Å². The van der Waals surface area contributed by atoms with Crippen molar-refractivity contribution >= 4 is 5.97 Å². The van der Waals surface area contributed by atoms with Gasteiger partial charge in [-0.1, -0.05) is 45.3 Å². The Kier molecular flexibility index (Phi) is 7.01. The smallest absolute Gasteiger partial charge is 0.309 e. The highest BCUT2D eigenvalue weighted by Crippen LogP contribution is 2.59. The fraction of sp³-hybridized carbons (Fsp3) is 0.870. The molecule has 0 aromatic rings. The number of fused-ring (bicyclic) bond motifs is 5. The monoisotopic (exact) mass is 346 g/mol. The maximum atomic E-state index is 12.8. The van der Waals surface area contributed by atoms with Crippen LogP contribution in [0.15, 0.2) is 12.2 Å². The largest absolute Gasteiger partial charge is 0.462 e. The molecule has 3 aliphatic rings. The van der Waals surface area contributed by atoms with Crippen molar-refractivity contribution in [2.24, 2.45) is 29.6 Å². The predicted molar refractivity (Wildman–Crippen MR) is 103 cm³/mol. The Hall–Kier alpha value is -0.790. The zero-order valence-electron chi connectivity index (χ0n) is 16.4. The van der Waals surface area contributed by atoms with Crippen LogP contribution in [-0.4, -0.2) is 12.1 Å². The van der Waals surface area contributed by atoms with Crippen LogP contribution in [0.1, 0.15) is 90.9 Å². The summed E-state index contributed by atoms with van der Waals surface area (Å²) in [4.78, 5) is 12.8. The second kappa shape index (κ2) is 9.24. The third-order valence-electron chi connectivity index (χ3n) is 7.15. The van der Waals surface area contributed by atoms with Gasteiger partial charge in [0.25, 0.3) is 0 Å². The second-order valence-electron chi connectivity index (χ2n) is 8.81. The summed E-state index contributed by atoms with van der Waals surface area (Å²) < 4.78 is 6.11. The molecule has 0 saturated heterocycles. The predicted octanol–water partition coefficient (Wildman–Crippen LogP) is 6.30. The van der Waals surface area contributed by atoms with Gasteiger partial charge in [-0.25, -0.2) is 0 Å². The second-order valence-corrected chi connectivity index (χ2v) is 8.81. The Morgan fingerprint density at radius 1 is 1.00 bits per heavy atom. The molecule has 0 spiro atoms. The highest BCUT2D eigenvalue weighted by Gasteiger charge is 2.55. The van der Waals surface area contributed by atoms with E-state index in [2.05, 4.69) is 26.0 Å². The first-order valence-corrected chi connectivity index (χ1v) is 11.1. The Labute approximate surface area is 154 Å². The molecule has 3 rings (SSSR count). The van der Waals surface area contributed by atoms with Gasteiger partial charge in [0, 0.05) is 0 Å². The van der Waals surface area contributed by atoms with E-state index in [-0.39, 0.29) is 18.0 Å². The topological polar surface area (TPSA) is 26.3 Å². The lowest BCUT2D eigenvalue weighted by Gasteiger charge is -2.32. The van der Waals surface area contributed by atoms with Gasteiger partial charge in [-0.2, -0.15) is 0 Å². The molecule has 2 bridgehead atoms. The summed E-state index contributed by atoms with van der Waals surface area (Å²) in [5, 5.41) is 0. The van der Waals surface area contributed by atoms with Crippen molar-refractivity contribution in [1.82, 2.24) is 0 Å². The van der Waals surface area contributed by atoms with Crippen molar-refractivity contribution in [2.45, 2.75) is 97.0 Å². The lowest BCUT2D eigenvalue weighted by atomic mass is 9.80. The molecule has 3 saturated carbocycles. The molecular weight excluding hydrogens is 308 g/mol. The molecule has 0 N–H and O–H groups in total. The molecule has 2 heteroatoms. The molecule has 25 heavy (non-hydrogen) atoms. The molecule has 0 radical (unpaired) electrons. The van der Waals surface area contributed by atoms with Gasteiger partial charge in [0.1, 0.15) is 6.10 Å². The lowest BCUT2D eigenvalue weighted by Crippen LogP contribution is -2.34. The van der Waals surface area contributed by atoms with Gasteiger partial charge in [-0.3, -0.25) is 4.79 Å². The molecule has 3 fully saturated rings. The summed E-state index contributed by atoms with van der Waals surface area (Å²) in [6.07, 6.45) is 19.2. The molecule has 2 nitrogen and oxygen atoms in total. The molecule has 0 aromatic heterocycles. The molecule has 3 aliphatic carbocycles. The van der Waals surface area contributed by atoms with Crippen molar-refractivity contribution in [3.63, 3.8) is 0 Å². The number of ether oxygens (including phenoxy) is 1. The minimum atomic E-state index is 0.117. The normalized spacial score (nSPS) is 34.6. The van der Waals surface area contributed by atoms with Crippen LogP contribution in [0.2, 0.25) is 0 Å². The molecule has 0 aromatic carbocycles. The molecule has 6 atom stereocenters. The Bertz CT molecular complexity index is 455. The minimum absolute atomic E-state index is 0.117. The van der Waals surface area contributed by atoms with Crippen LogP contribution in [0.3, 0.4) is 0 Å². The van der Waals surface area contributed by atoms with E-state index in [1.165, 1.54) is 38.5 Å². The average molecular weight is 347 g/mol. The minimum Gasteiger partial charge on any atom is -0.462 e. The molecular formula is C23H38O2. The van der Waals surface area contributed by atoms with Crippen LogP contribution in [0.5, 0.6) is 0 Å². The van der Waals surface area contributed by atoms with E-state index < -0.39 is 0 Å². The molecule has 6 unspecified atom stereocenters. The van der Waals surface area contributed by atoms with Crippen molar-refractivity contribution in [2.75, 3.05) is 0 Å². The molecule has 0 heterocycles. The standard InChI is InChI=1S/C23H38O2/c1-3-5-6-7-8-9-12-17(11-4-2)23(24)25-22-16-18-15-21(22)20-14-10-13-19(18)20/h6-7,17-22H,3-5,8-16H2,1-2H3. The number of carbonyl (C=O) groups excluding carboxylic acids is 1. The van der Waals surface area contributed by atoms with Crippen molar-refractivity contribution < 1.29 is 9.53 Å².